The molecule has 0 saturated heterocycles. The summed E-state index contributed by atoms with van der Waals surface area (Å²) in [6.45, 7) is 2.63. The summed E-state index contributed by atoms with van der Waals surface area (Å²) in [5, 5.41) is 2.78. The lowest BCUT2D eigenvalue weighted by Gasteiger charge is -2.11. The number of methoxy groups -OCH3 is 1. The van der Waals surface area contributed by atoms with Gasteiger partial charge in [0.05, 0.1) is 13.2 Å². The van der Waals surface area contributed by atoms with Crippen LogP contribution in [-0.4, -0.2) is 37.2 Å². The predicted octanol–water partition coefficient (Wildman–Crippen LogP) is 0.157. The molecule has 1 atom stereocenters. The number of carbonyl (C=O) groups is 1. The number of amides is 1. The molecule has 1 rings (SSSR count). The number of ether oxygens (including phenoxy) is 1. The van der Waals surface area contributed by atoms with Crippen LogP contribution < -0.4 is 11.1 Å². The first kappa shape index (κ1) is 14.2. The molecular formula is C13H17N3O2. The second kappa shape index (κ2) is 7.43. The molecule has 3 N–H and O–H groups in total. The van der Waals surface area contributed by atoms with E-state index in [1.165, 1.54) is 0 Å². The van der Waals surface area contributed by atoms with Crippen molar-refractivity contribution < 1.29 is 9.53 Å². The van der Waals surface area contributed by atoms with Crippen LogP contribution in [0.1, 0.15) is 23.0 Å². The minimum atomic E-state index is -0.224. The molecule has 0 fully saturated rings. The fourth-order valence-electron chi connectivity index (χ4n) is 1.34. The van der Waals surface area contributed by atoms with E-state index >= 15 is 0 Å². The van der Waals surface area contributed by atoms with Gasteiger partial charge in [-0.15, -0.1) is 0 Å². The topological polar surface area (TPSA) is 77.2 Å². The third kappa shape index (κ3) is 4.53. The minimum Gasteiger partial charge on any atom is -0.383 e. The Labute approximate surface area is 107 Å². The third-order valence-corrected chi connectivity index (χ3v) is 2.13. The summed E-state index contributed by atoms with van der Waals surface area (Å²) < 4.78 is 4.94. The van der Waals surface area contributed by atoms with Crippen LogP contribution >= 0.6 is 0 Å². The molecule has 0 radical (unpaired) electrons. The SMILES string of the molecule is COCC(C)NC(=O)c1ccc(C#CCN)cn1. The highest BCUT2D eigenvalue weighted by Gasteiger charge is 2.10. The van der Waals surface area contributed by atoms with Gasteiger partial charge < -0.3 is 15.8 Å². The van der Waals surface area contributed by atoms with E-state index in [1.807, 2.05) is 6.92 Å². The first-order valence-electron chi connectivity index (χ1n) is 5.62. The van der Waals surface area contributed by atoms with Crippen LogP contribution in [0, 0.1) is 11.8 Å². The average Bonchev–Trinajstić information content (AvgIpc) is 2.37. The molecule has 0 aliphatic carbocycles. The van der Waals surface area contributed by atoms with Crippen molar-refractivity contribution in [3.63, 3.8) is 0 Å². The molecule has 0 bridgehead atoms. The van der Waals surface area contributed by atoms with E-state index in [2.05, 4.69) is 22.1 Å². The van der Waals surface area contributed by atoms with Crippen molar-refractivity contribution in [2.24, 2.45) is 5.73 Å². The van der Waals surface area contributed by atoms with Gasteiger partial charge in [-0.1, -0.05) is 11.8 Å². The van der Waals surface area contributed by atoms with Crippen molar-refractivity contribution in [1.29, 1.82) is 0 Å². The summed E-state index contributed by atoms with van der Waals surface area (Å²) >= 11 is 0. The van der Waals surface area contributed by atoms with Gasteiger partial charge in [0.15, 0.2) is 0 Å². The fourth-order valence-corrected chi connectivity index (χ4v) is 1.34. The molecule has 1 unspecified atom stereocenters. The molecule has 5 heteroatoms. The Morgan fingerprint density at radius 3 is 2.94 bits per heavy atom. The maximum atomic E-state index is 11.8. The summed E-state index contributed by atoms with van der Waals surface area (Å²) in [6.07, 6.45) is 1.55. The summed E-state index contributed by atoms with van der Waals surface area (Å²) in [4.78, 5) is 15.8. The largest absolute Gasteiger partial charge is 0.383 e. The number of nitrogens with zero attached hydrogens (tertiary/aromatic N) is 1. The van der Waals surface area contributed by atoms with Gasteiger partial charge in [-0.2, -0.15) is 0 Å². The van der Waals surface area contributed by atoms with Crippen molar-refractivity contribution in [2.75, 3.05) is 20.3 Å². The van der Waals surface area contributed by atoms with Crippen LogP contribution in [0.2, 0.25) is 0 Å². The number of hydrogen-bond donors (Lipinski definition) is 2. The first-order valence-corrected chi connectivity index (χ1v) is 5.62. The summed E-state index contributed by atoms with van der Waals surface area (Å²) in [5.41, 5.74) is 6.36. The zero-order valence-corrected chi connectivity index (χ0v) is 10.6. The Kier molecular flexibility index (Phi) is 5.85. The van der Waals surface area contributed by atoms with Crippen LogP contribution in [-0.2, 0) is 4.74 Å². The van der Waals surface area contributed by atoms with Gasteiger partial charge in [-0.25, -0.2) is 4.98 Å². The first-order chi connectivity index (χ1) is 8.67. The molecule has 0 aliphatic rings. The van der Waals surface area contributed by atoms with E-state index in [9.17, 15) is 4.79 Å². The summed E-state index contributed by atoms with van der Waals surface area (Å²) in [6, 6.07) is 3.32. The maximum absolute atomic E-state index is 11.8. The fraction of sp³-hybridized carbons (Fsp3) is 0.385. The normalized spacial score (nSPS) is 11.3. The lowest BCUT2D eigenvalue weighted by Crippen LogP contribution is -2.36. The predicted molar refractivity (Wildman–Crippen MR) is 69.0 cm³/mol. The molecule has 0 aromatic carbocycles. The van der Waals surface area contributed by atoms with E-state index in [-0.39, 0.29) is 11.9 Å². The van der Waals surface area contributed by atoms with Crippen LogP contribution in [0.4, 0.5) is 0 Å². The molecule has 1 amide bonds. The summed E-state index contributed by atoms with van der Waals surface area (Å²) in [7, 11) is 1.59. The number of carbonyl (C=O) groups excluding carboxylic acids is 1. The lowest BCUT2D eigenvalue weighted by molar-refractivity contribution is 0.0900. The highest BCUT2D eigenvalue weighted by molar-refractivity contribution is 5.92. The molecule has 96 valence electrons. The standard InChI is InChI=1S/C13H17N3O2/c1-10(9-18-2)16-13(17)12-6-5-11(8-15-12)4-3-7-14/h5-6,8,10H,7,9,14H2,1-2H3,(H,16,17). The smallest absolute Gasteiger partial charge is 0.270 e. The van der Waals surface area contributed by atoms with Gasteiger partial charge in [0.1, 0.15) is 5.69 Å². The Balaban J connectivity index is 2.64. The molecule has 0 spiro atoms. The van der Waals surface area contributed by atoms with Crippen LogP contribution in [0.15, 0.2) is 18.3 Å². The average molecular weight is 247 g/mol. The second-order valence-electron chi connectivity index (χ2n) is 3.77. The minimum absolute atomic E-state index is 0.0546. The van der Waals surface area contributed by atoms with Gasteiger partial charge in [-0.05, 0) is 19.1 Å². The Bertz CT molecular complexity index is 446. The van der Waals surface area contributed by atoms with Crippen molar-refractivity contribution >= 4 is 5.91 Å². The lowest BCUT2D eigenvalue weighted by atomic mass is 10.2. The number of hydrogen-bond acceptors (Lipinski definition) is 4. The molecule has 1 aromatic heterocycles. The van der Waals surface area contributed by atoms with E-state index in [1.54, 1.807) is 25.4 Å². The van der Waals surface area contributed by atoms with E-state index in [0.29, 0.717) is 18.8 Å². The number of nitrogens with two attached hydrogens (primary N) is 1. The number of rotatable bonds is 4. The van der Waals surface area contributed by atoms with E-state index in [0.717, 1.165) is 5.56 Å². The van der Waals surface area contributed by atoms with Crippen molar-refractivity contribution in [2.45, 2.75) is 13.0 Å². The second-order valence-corrected chi connectivity index (χ2v) is 3.77. The maximum Gasteiger partial charge on any atom is 0.270 e. The summed E-state index contributed by atoms with van der Waals surface area (Å²) in [5.74, 6) is 5.34. The number of aromatic nitrogens is 1. The monoisotopic (exact) mass is 247 g/mol. The van der Waals surface area contributed by atoms with Gasteiger partial charge in [0, 0.05) is 24.9 Å². The highest BCUT2D eigenvalue weighted by atomic mass is 16.5. The molecule has 1 aromatic rings. The van der Waals surface area contributed by atoms with E-state index < -0.39 is 0 Å². The van der Waals surface area contributed by atoms with Gasteiger partial charge >= 0.3 is 0 Å². The quantitative estimate of drug-likeness (QED) is 0.743. The third-order valence-electron chi connectivity index (χ3n) is 2.13. The Morgan fingerprint density at radius 2 is 2.39 bits per heavy atom. The number of nitrogens with one attached hydrogen (secondary N) is 1. The van der Waals surface area contributed by atoms with Crippen molar-refractivity contribution in [3.05, 3.63) is 29.6 Å². The van der Waals surface area contributed by atoms with Crippen molar-refractivity contribution in [3.8, 4) is 11.8 Å². The molecule has 1 heterocycles. The zero-order valence-electron chi connectivity index (χ0n) is 10.6. The zero-order chi connectivity index (χ0) is 13.4. The van der Waals surface area contributed by atoms with Gasteiger partial charge in [0.25, 0.3) is 5.91 Å². The Morgan fingerprint density at radius 1 is 1.61 bits per heavy atom. The van der Waals surface area contributed by atoms with Crippen molar-refractivity contribution in [1.82, 2.24) is 10.3 Å². The van der Waals surface area contributed by atoms with Crippen LogP contribution in [0.5, 0.6) is 0 Å². The van der Waals surface area contributed by atoms with Crippen LogP contribution in [0.25, 0.3) is 0 Å². The molecule has 5 nitrogen and oxygen atoms in total. The molecule has 0 saturated carbocycles. The number of pyridine rings is 1. The van der Waals surface area contributed by atoms with Gasteiger partial charge in [-0.3, -0.25) is 4.79 Å². The van der Waals surface area contributed by atoms with Gasteiger partial charge in [0.2, 0.25) is 0 Å². The molecule has 18 heavy (non-hydrogen) atoms. The highest BCUT2D eigenvalue weighted by Crippen LogP contribution is 1.99. The molecular weight excluding hydrogens is 230 g/mol. The van der Waals surface area contributed by atoms with Crippen LogP contribution in [0.3, 0.4) is 0 Å². The molecule has 0 aliphatic heterocycles. The van der Waals surface area contributed by atoms with E-state index in [4.69, 9.17) is 10.5 Å². The Hall–Kier alpha value is -1.90.